The molecular weight excluding hydrogens is 270 g/mol. The Morgan fingerprint density at radius 2 is 2.15 bits per heavy atom. The lowest BCUT2D eigenvalue weighted by Crippen LogP contribution is -1.97. The summed E-state index contributed by atoms with van der Waals surface area (Å²) in [5, 5.41) is 1.07. The normalized spacial score (nSPS) is 10.8. The highest BCUT2D eigenvalue weighted by Crippen LogP contribution is 2.20. The largest absolute Gasteiger partial charge is 0.378 e. The standard InChI is InChI=1S/C15H13N3OS/c1-19-9-12-8-14(20)18-15(17-12)11-4-5-13-10(7-11)3-2-6-16-13/h2-8H,9H2,1H3,(H,17,18,20). The van der Waals surface area contributed by atoms with Gasteiger partial charge in [0.15, 0.2) is 0 Å². The molecule has 0 fully saturated rings. The molecule has 0 aliphatic heterocycles. The molecule has 0 saturated heterocycles. The third kappa shape index (κ3) is 2.59. The molecule has 100 valence electrons. The molecule has 0 bridgehead atoms. The molecule has 0 spiro atoms. The molecule has 3 aromatic rings. The molecular formula is C15H13N3OS. The van der Waals surface area contributed by atoms with Crippen molar-refractivity contribution in [3.8, 4) is 11.4 Å². The highest BCUT2D eigenvalue weighted by atomic mass is 32.1. The third-order valence-electron chi connectivity index (χ3n) is 2.97. The van der Waals surface area contributed by atoms with Crippen LogP contribution in [0.1, 0.15) is 5.69 Å². The van der Waals surface area contributed by atoms with Crippen LogP contribution in [-0.4, -0.2) is 22.1 Å². The number of aromatic amines is 1. The zero-order chi connectivity index (χ0) is 13.9. The first-order valence-corrected chi connectivity index (χ1v) is 6.61. The van der Waals surface area contributed by atoms with Crippen molar-refractivity contribution in [1.29, 1.82) is 0 Å². The topological polar surface area (TPSA) is 50.8 Å². The summed E-state index contributed by atoms with van der Waals surface area (Å²) in [6.07, 6.45) is 1.78. The number of rotatable bonds is 3. The zero-order valence-electron chi connectivity index (χ0n) is 11.0. The van der Waals surface area contributed by atoms with Gasteiger partial charge in [-0.25, -0.2) is 4.98 Å². The predicted molar refractivity (Wildman–Crippen MR) is 80.9 cm³/mol. The Labute approximate surface area is 121 Å². The van der Waals surface area contributed by atoms with Gasteiger partial charge in [0.1, 0.15) is 10.5 Å². The SMILES string of the molecule is COCc1cc(=S)nc(-c2ccc3ncccc3c2)[nH]1. The predicted octanol–water partition coefficient (Wildman–Crippen LogP) is 3.50. The fourth-order valence-corrected chi connectivity index (χ4v) is 2.33. The van der Waals surface area contributed by atoms with E-state index in [4.69, 9.17) is 17.0 Å². The van der Waals surface area contributed by atoms with E-state index in [2.05, 4.69) is 15.0 Å². The van der Waals surface area contributed by atoms with Gasteiger partial charge < -0.3 is 9.72 Å². The summed E-state index contributed by atoms with van der Waals surface area (Å²) in [4.78, 5) is 11.9. The van der Waals surface area contributed by atoms with Crippen molar-refractivity contribution < 1.29 is 4.74 Å². The number of hydrogen-bond donors (Lipinski definition) is 1. The van der Waals surface area contributed by atoms with E-state index >= 15 is 0 Å². The van der Waals surface area contributed by atoms with Gasteiger partial charge in [0.2, 0.25) is 0 Å². The second kappa shape index (κ2) is 5.48. The summed E-state index contributed by atoms with van der Waals surface area (Å²) < 4.78 is 5.68. The minimum atomic E-state index is 0.480. The summed E-state index contributed by atoms with van der Waals surface area (Å²) >= 11 is 5.20. The maximum absolute atomic E-state index is 5.20. The molecule has 1 aromatic carbocycles. The van der Waals surface area contributed by atoms with Crippen molar-refractivity contribution in [3.05, 3.63) is 52.9 Å². The number of H-pyrrole nitrogens is 1. The first kappa shape index (κ1) is 12.9. The van der Waals surface area contributed by atoms with Crippen LogP contribution in [-0.2, 0) is 11.3 Å². The monoisotopic (exact) mass is 283 g/mol. The molecule has 5 heteroatoms. The second-order valence-electron chi connectivity index (χ2n) is 4.44. The van der Waals surface area contributed by atoms with Gasteiger partial charge in [0.05, 0.1) is 12.1 Å². The maximum Gasteiger partial charge on any atom is 0.139 e. The van der Waals surface area contributed by atoms with Crippen LogP contribution in [0.15, 0.2) is 42.6 Å². The average Bonchev–Trinajstić information content (AvgIpc) is 2.46. The summed E-state index contributed by atoms with van der Waals surface area (Å²) in [5.74, 6) is 0.746. The average molecular weight is 283 g/mol. The summed E-state index contributed by atoms with van der Waals surface area (Å²) in [7, 11) is 1.65. The Morgan fingerprint density at radius 3 is 3.00 bits per heavy atom. The Bertz CT molecular complexity index is 813. The minimum Gasteiger partial charge on any atom is -0.378 e. The molecule has 2 heterocycles. The lowest BCUT2D eigenvalue weighted by atomic mass is 10.1. The number of nitrogens with zero attached hydrogens (tertiary/aromatic N) is 2. The van der Waals surface area contributed by atoms with Crippen LogP contribution in [0.5, 0.6) is 0 Å². The summed E-state index contributed by atoms with van der Waals surface area (Å²) in [6.45, 7) is 0.480. The summed E-state index contributed by atoms with van der Waals surface area (Å²) in [6, 6.07) is 11.8. The first-order valence-electron chi connectivity index (χ1n) is 6.20. The zero-order valence-corrected chi connectivity index (χ0v) is 11.8. The van der Waals surface area contributed by atoms with Crippen LogP contribution in [0.25, 0.3) is 22.3 Å². The van der Waals surface area contributed by atoms with E-state index in [-0.39, 0.29) is 0 Å². The van der Waals surface area contributed by atoms with Gasteiger partial charge in [-0.15, -0.1) is 0 Å². The molecule has 0 saturated carbocycles. The summed E-state index contributed by atoms with van der Waals surface area (Å²) in [5.41, 5.74) is 2.85. The van der Waals surface area contributed by atoms with Crippen molar-refractivity contribution in [2.75, 3.05) is 7.11 Å². The van der Waals surface area contributed by atoms with Crippen molar-refractivity contribution in [2.24, 2.45) is 0 Å². The van der Waals surface area contributed by atoms with Crippen molar-refractivity contribution in [1.82, 2.24) is 15.0 Å². The first-order chi connectivity index (χ1) is 9.76. The molecule has 20 heavy (non-hydrogen) atoms. The Hall–Kier alpha value is -2.11. The second-order valence-corrected chi connectivity index (χ2v) is 4.86. The van der Waals surface area contributed by atoms with Crippen molar-refractivity contribution >= 4 is 23.1 Å². The Balaban J connectivity index is 2.12. The van der Waals surface area contributed by atoms with E-state index in [0.717, 1.165) is 28.0 Å². The quantitative estimate of drug-likeness (QED) is 0.747. The molecule has 3 rings (SSSR count). The van der Waals surface area contributed by atoms with Crippen LogP contribution in [0.2, 0.25) is 0 Å². The number of benzene rings is 1. The molecule has 0 aliphatic carbocycles. The highest BCUT2D eigenvalue weighted by molar-refractivity contribution is 7.71. The number of aromatic nitrogens is 3. The third-order valence-corrected chi connectivity index (χ3v) is 3.18. The van der Waals surface area contributed by atoms with E-state index in [1.807, 2.05) is 36.4 Å². The van der Waals surface area contributed by atoms with E-state index in [9.17, 15) is 0 Å². The van der Waals surface area contributed by atoms with Gasteiger partial charge in [-0.2, -0.15) is 0 Å². The van der Waals surface area contributed by atoms with Crippen LogP contribution in [0.4, 0.5) is 0 Å². The van der Waals surface area contributed by atoms with Crippen LogP contribution in [0.3, 0.4) is 0 Å². The number of methoxy groups -OCH3 is 1. The van der Waals surface area contributed by atoms with E-state index < -0.39 is 0 Å². The Morgan fingerprint density at radius 1 is 1.25 bits per heavy atom. The fraction of sp³-hybridized carbons (Fsp3) is 0.133. The lowest BCUT2D eigenvalue weighted by Gasteiger charge is -2.06. The smallest absolute Gasteiger partial charge is 0.139 e. The number of ether oxygens (including phenoxy) is 1. The van der Waals surface area contributed by atoms with Gasteiger partial charge in [-0.1, -0.05) is 18.3 Å². The van der Waals surface area contributed by atoms with Crippen LogP contribution in [0, 0.1) is 4.64 Å². The molecule has 0 aliphatic rings. The van der Waals surface area contributed by atoms with Crippen LogP contribution >= 0.6 is 12.2 Å². The molecule has 0 atom stereocenters. The molecule has 0 amide bonds. The number of hydrogen-bond acceptors (Lipinski definition) is 4. The van der Waals surface area contributed by atoms with Crippen molar-refractivity contribution in [3.63, 3.8) is 0 Å². The van der Waals surface area contributed by atoms with E-state index in [1.54, 1.807) is 13.3 Å². The van der Waals surface area contributed by atoms with Gasteiger partial charge in [0, 0.05) is 30.0 Å². The molecule has 0 unspecified atom stereocenters. The molecule has 1 N–H and O–H groups in total. The number of fused-ring (bicyclic) bond motifs is 1. The van der Waals surface area contributed by atoms with Crippen LogP contribution < -0.4 is 0 Å². The molecule has 2 aromatic heterocycles. The number of pyridine rings is 1. The van der Waals surface area contributed by atoms with Gasteiger partial charge in [0.25, 0.3) is 0 Å². The Kier molecular flexibility index (Phi) is 3.54. The molecule has 0 radical (unpaired) electrons. The minimum absolute atomic E-state index is 0.480. The van der Waals surface area contributed by atoms with Crippen molar-refractivity contribution in [2.45, 2.75) is 6.61 Å². The van der Waals surface area contributed by atoms with E-state index in [0.29, 0.717) is 11.2 Å². The number of nitrogens with one attached hydrogen (secondary N) is 1. The lowest BCUT2D eigenvalue weighted by molar-refractivity contribution is 0.181. The fourth-order valence-electron chi connectivity index (χ4n) is 2.10. The van der Waals surface area contributed by atoms with Gasteiger partial charge in [-0.05, 0) is 30.3 Å². The molecule has 4 nitrogen and oxygen atoms in total. The van der Waals surface area contributed by atoms with Gasteiger partial charge in [-0.3, -0.25) is 4.98 Å². The van der Waals surface area contributed by atoms with Gasteiger partial charge >= 0.3 is 0 Å². The highest BCUT2D eigenvalue weighted by Gasteiger charge is 2.04. The maximum atomic E-state index is 5.20. The van der Waals surface area contributed by atoms with E-state index in [1.165, 1.54) is 0 Å².